The van der Waals surface area contributed by atoms with Gasteiger partial charge >= 0.3 is 5.62 Å². The van der Waals surface area contributed by atoms with Crippen molar-refractivity contribution in [2.24, 2.45) is 0 Å². The maximum absolute atomic E-state index is 10.7. The van der Waals surface area contributed by atoms with Gasteiger partial charge in [0, 0.05) is 0 Å². The van der Waals surface area contributed by atoms with E-state index in [9.17, 15) is 13.2 Å². The van der Waals surface area contributed by atoms with Crippen molar-refractivity contribution in [2.45, 2.75) is 5.75 Å². The van der Waals surface area contributed by atoms with Crippen LogP contribution < -0.4 is 0 Å². The maximum Gasteiger partial charge on any atom is 0.328 e. The van der Waals surface area contributed by atoms with Crippen LogP contribution in [0.5, 0.6) is 0 Å². The van der Waals surface area contributed by atoms with Crippen molar-refractivity contribution < 1.29 is 13.2 Å². The second-order valence-corrected chi connectivity index (χ2v) is 4.01. The Morgan fingerprint density at radius 2 is 1.75 bits per heavy atom. The molecular weight excluding hydrogens is 176 g/mol. The Bertz CT molecular complexity index is 353. The third-order valence-electron chi connectivity index (χ3n) is 1.33. The highest BCUT2D eigenvalue weighted by atomic mass is 32.2. The highest BCUT2D eigenvalue weighted by Crippen LogP contribution is 2.03. The smallest absolute Gasteiger partial charge is 0.271 e. The predicted molar refractivity (Wildman–Crippen MR) is 44.8 cm³/mol. The number of hydrogen-bond acceptors (Lipinski definition) is 3. The number of hydrogen-bond donors (Lipinski definition) is 0. The highest BCUT2D eigenvalue weighted by Gasteiger charge is 2.10. The molecule has 0 aliphatic carbocycles. The summed E-state index contributed by atoms with van der Waals surface area (Å²) in [6.45, 7) is 0. The second kappa shape index (κ2) is 3.49. The fourth-order valence-corrected chi connectivity index (χ4v) is 1.51. The summed E-state index contributed by atoms with van der Waals surface area (Å²) in [6.07, 6.45) is 0. The fraction of sp³-hybridized carbons (Fsp3) is 0.125. The molecule has 0 aliphatic rings. The summed E-state index contributed by atoms with van der Waals surface area (Å²) in [7, 11) is -3.68. The molecule has 0 fully saturated rings. The van der Waals surface area contributed by atoms with Crippen molar-refractivity contribution in [3.63, 3.8) is 0 Å². The average Bonchev–Trinajstić information content (AvgIpc) is 2.06. The van der Waals surface area contributed by atoms with Crippen LogP contribution in [-0.2, 0) is 20.4 Å². The van der Waals surface area contributed by atoms with Gasteiger partial charge in [-0.3, -0.25) is 4.79 Å². The Labute approximate surface area is 70.9 Å². The van der Waals surface area contributed by atoms with Crippen LogP contribution in [0, 0.1) is 0 Å². The van der Waals surface area contributed by atoms with Crippen LogP contribution in [0.15, 0.2) is 30.3 Å². The van der Waals surface area contributed by atoms with Gasteiger partial charge in [-0.1, -0.05) is 30.3 Å². The monoisotopic (exact) mass is 183 g/mol. The minimum absolute atomic E-state index is 0.267. The minimum Gasteiger partial charge on any atom is -0.271 e. The van der Waals surface area contributed by atoms with Gasteiger partial charge in [0.1, 0.15) is 0 Å². The summed E-state index contributed by atoms with van der Waals surface area (Å²) in [6, 6.07) is 8.51. The minimum atomic E-state index is -3.68. The molecule has 0 N–H and O–H groups in total. The molecule has 1 aromatic rings. The zero-order chi connectivity index (χ0) is 9.03. The standard InChI is InChI=1S/C8H7O3S/c9-7-12(10,11)6-8-4-2-1-3-5-8/h1-5H,6H2. The molecular formula is C8H7O3S. The van der Waals surface area contributed by atoms with Crippen LogP contribution in [0.1, 0.15) is 5.56 Å². The summed E-state index contributed by atoms with van der Waals surface area (Å²) in [5, 5.41) is 0. The van der Waals surface area contributed by atoms with E-state index < -0.39 is 9.84 Å². The summed E-state index contributed by atoms with van der Waals surface area (Å²) >= 11 is 0. The Kier molecular flexibility index (Phi) is 2.60. The van der Waals surface area contributed by atoms with Gasteiger partial charge in [0.2, 0.25) is 9.84 Å². The fourth-order valence-electron chi connectivity index (χ4n) is 0.823. The third kappa shape index (κ3) is 2.47. The van der Waals surface area contributed by atoms with Crippen LogP contribution in [0.25, 0.3) is 0 Å². The quantitative estimate of drug-likeness (QED) is 0.692. The zero-order valence-electron chi connectivity index (χ0n) is 6.23. The topological polar surface area (TPSA) is 51.2 Å². The Hall–Kier alpha value is -1.16. The lowest BCUT2D eigenvalue weighted by atomic mass is 10.2. The van der Waals surface area contributed by atoms with Gasteiger partial charge in [0.05, 0.1) is 5.75 Å². The van der Waals surface area contributed by atoms with E-state index in [0.717, 1.165) is 5.62 Å². The number of carbonyl (C=O) groups excluding carboxylic acids is 1. The summed E-state index contributed by atoms with van der Waals surface area (Å²) in [5.41, 5.74) is 1.61. The molecule has 0 saturated carbocycles. The third-order valence-corrected chi connectivity index (χ3v) is 2.29. The van der Waals surface area contributed by atoms with E-state index in [1.807, 2.05) is 0 Å². The molecule has 0 amide bonds. The van der Waals surface area contributed by atoms with Crippen molar-refractivity contribution in [2.75, 3.05) is 0 Å². The molecule has 0 unspecified atom stereocenters. The molecule has 0 spiro atoms. The molecule has 0 heterocycles. The SMILES string of the molecule is O=[C]S(=O)(=O)Cc1ccccc1. The van der Waals surface area contributed by atoms with Crippen LogP contribution in [0.3, 0.4) is 0 Å². The van der Waals surface area contributed by atoms with Gasteiger partial charge in [-0.15, -0.1) is 0 Å². The normalized spacial score (nSPS) is 11.0. The molecule has 12 heavy (non-hydrogen) atoms. The molecule has 0 saturated heterocycles. The second-order valence-electron chi connectivity index (χ2n) is 2.33. The zero-order valence-corrected chi connectivity index (χ0v) is 7.04. The Morgan fingerprint density at radius 3 is 2.25 bits per heavy atom. The van der Waals surface area contributed by atoms with E-state index in [4.69, 9.17) is 0 Å². The van der Waals surface area contributed by atoms with Crippen LogP contribution in [0.2, 0.25) is 0 Å². The predicted octanol–water partition coefficient (Wildman–Crippen LogP) is 0.669. The first-order valence-electron chi connectivity index (χ1n) is 3.29. The number of benzene rings is 1. The molecule has 63 valence electrons. The van der Waals surface area contributed by atoms with E-state index in [1.165, 1.54) is 0 Å². The summed E-state index contributed by atoms with van der Waals surface area (Å²) in [5.74, 6) is -0.267. The molecule has 0 atom stereocenters. The Morgan fingerprint density at radius 1 is 1.17 bits per heavy atom. The maximum atomic E-state index is 10.7. The van der Waals surface area contributed by atoms with Crippen molar-refractivity contribution >= 4 is 15.5 Å². The molecule has 1 radical (unpaired) electrons. The van der Waals surface area contributed by atoms with Gasteiger partial charge in [0.25, 0.3) is 0 Å². The van der Waals surface area contributed by atoms with E-state index in [1.54, 1.807) is 30.3 Å². The molecule has 4 heteroatoms. The first-order chi connectivity index (χ1) is 5.64. The van der Waals surface area contributed by atoms with Gasteiger partial charge in [-0.2, -0.15) is 0 Å². The van der Waals surface area contributed by atoms with Gasteiger partial charge < -0.3 is 0 Å². The van der Waals surface area contributed by atoms with Gasteiger partial charge in [-0.05, 0) is 5.56 Å². The molecule has 1 rings (SSSR count). The van der Waals surface area contributed by atoms with Crippen LogP contribution in [-0.4, -0.2) is 14.0 Å². The van der Waals surface area contributed by atoms with Crippen LogP contribution in [0.4, 0.5) is 0 Å². The van der Waals surface area contributed by atoms with Crippen molar-refractivity contribution in [3.05, 3.63) is 35.9 Å². The summed E-state index contributed by atoms with van der Waals surface area (Å²) < 4.78 is 21.5. The van der Waals surface area contributed by atoms with Gasteiger partial charge in [0.15, 0.2) is 0 Å². The first kappa shape index (κ1) is 8.93. The Balaban J connectivity index is 2.85. The summed E-state index contributed by atoms with van der Waals surface area (Å²) in [4.78, 5) is 9.92. The first-order valence-corrected chi connectivity index (χ1v) is 4.95. The van der Waals surface area contributed by atoms with E-state index >= 15 is 0 Å². The van der Waals surface area contributed by atoms with E-state index in [-0.39, 0.29) is 5.75 Å². The largest absolute Gasteiger partial charge is 0.328 e. The molecule has 1 aromatic carbocycles. The van der Waals surface area contributed by atoms with Crippen molar-refractivity contribution in [1.29, 1.82) is 0 Å². The number of sulfone groups is 1. The average molecular weight is 183 g/mol. The molecule has 3 nitrogen and oxygen atoms in total. The molecule has 0 aliphatic heterocycles. The van der Waals surface area contributed by atoms with E-state index in [2.05, 4.69) is 0 Å². The molecule has 0 aromatic heterocycles. The molecule has 0 bridgehead atoms. The number of rotatable bonds is 3. The lowest BCUT2D eigenvalue weighted by Crippen LogP contribution is -2.04. The van der Waals surface area contributed by atoms with Crippen LogP contribution >= 0.6 is 0 Å². The lowest BCUT2D eigenvalue weighted by Gasteiger charge is -1.94. The van der Waals surface area contributed by atoms with Crippen molar-refractivity contribution in [3.8, 4) is 0 Å². The van der Waals surface area contributed by atoms with Gasteiger partial charge in [-0.25, -0.2) is 8.42 Å². The van der Waals surface area contributed by atoms with E-state index in [0.29, 0.717) is 5.56 Å². The highest BCUT2D eigenvalue weighted by molar-refractivity contribution is 8.03. The van der Waals surface area contributed by atoms with Crippen molar-refractivity contribution in [1.82, 2.24) is 0 Å². The lowest BCUT2D eigenvalue weighted by molar-refractivity contribution is 0.556.